The smallest absolute Gasteiger partial charge is 0.150 e. The first-order valence-electron chi connectivity index (χ1n) is 6.06. The number of halogens is 3. The lowest BCUT2D eigenvalue weighted by Crippen LogP contribution is -2.04. The van der Waals surface area contributed by atoms with Crippen LogP contribution in [0.1, 0.15) is 18.1 Å². The highest BCUT2D eigenvalue weighted by atomic mass is 79.9. The number of hydrogen-bond donors (Lipinski definition) is 1. The van der Waals surface area contributed by atoms with Gasteiger partial charge in [0.1, 0.15) is 17.3 Å². The van der Waals surface area contributed by atoms with Crippen molar-refractivity contribution < 1.29 is 8.78 Å². The molecule has 100 valence electrons. The summed E-state index contributed by atoms with van der Waals surface area (Å²) in [6.45, 7) is 2.47. The first-order chi connectivity index (χ1) is 9.10. The van der Waals surface area contributed by atoms with Crippen molar-refractivity contribution in [2.75, 3.05) is 5.32 Å². The van der Waals surface area contributed by atoms with Gasteiger partial charge in [-0.2, -0.15) is 0 Å². The lowest BCUT2D eigenvalue weighted by atomic mass is 10.1. The highest BCUT2D eigenvalue weighted by molar-refractivity contribution is 9.10. The Bertz CT molecular complexity index is 544. The Balaban J connectivity index is 2.10. The molecule has 2 aromatic carbocycles. The average molecular weight is 326 g/mol. The molecule has 0 unspecified atom stereocenters. The summed E-state index contributed by atoms with van der Waals surface area (Å²) in [5.74, 6) is -1.20. The summed E-state index contributed by atoms with van der Waals surface area (Å²) < 4.78 is 27.6. The van der Waals surface area contributed by atoms with Crippen molar-refractivity contribution in [3.05, 3.63) is 63.6 Å². The highest BCUT2D eigenvalue weighted by Crippen LogP contribution is 2.24. The fraction of sp³-hybridized carbons (Fsp3) is 0.200. The molecule has 0 atom stereocenters. The summed E-state index contributed by atoms with van der Waals surface area (Å²) in [7, 11) is 0. The lowest BCUT2D eigenvalue weighted by Gasteiger charge is -2.09. The zero-order valence-electron chi connectivity index (χ0n) is 10.5. The predicted molar refractivity (Wildman–Crippen MR) is 77.2 cm³/mol. The van der Waals surface area contributed by atoms with Gasteiger partial charge in [-0.1, -0.05) is 47.1 Å². The maximum atomic E-state index is 13.6. The van der Waals surface area contributed by atoms with E-state index in [0.717, 1.165) is 12.0 Å². The molecule has 0 aromatic heterocycles. The topological polar surface area (TPSA) is 12.0 Å². The van der Waals surface area contributed by atoms with Gasteiger partial charge in [-0.25, -0.2) is 8.78 Å². The van der Waals surface area contributed by atoms with Gasteiger partial charge in [0, 0.05) is 11.0 Å². The van der Waals surface area contributed by atoms with E-state index in [2.05, 4.69) is 28.2 Å². The van der Waals surface area contributed by atoms with Gasteiger partial charge in [0.05, 0.1) is 0 Å². The Morgan fingerprint density at radius 3 is 2.05 bits per heavy atom. The molecule has 0 bridgehead atoms. The van der Waals surface area contributed by atoms with E-state index in [1.165, 1.54) is 17.7 Å². The van der Waals surface area contributed by atoms with E-state index in [1.54, 1.807) is 0 Å². The van der Waals surface area contributed by atoms with Gasteiger partial charge in [0.25, 0.3) is 0 Å². The molecule has 0 spiro atoms. The maximum Gasteiger partial charge on any atom is 0.150 e. The van der Waals surface area contributed by atoms with E-state index in [1.807, 2.05) is 24.3 Å². The Morgan fingerprint density at radius 2 is 1.53 bits per heavy atom. The summed E-state index contributed by atoms with van der Waals surface area (Å²) in [4.78, 5) is 0. The molecule has 0 heterocycles. The minimum absolute atomic E-state index is 0.0947. The van der Waals surface area contributed by atoms with E-state index in [4.69, 9.17) is 0 Å². The minimum atomic E-state index is -0.600. The molecule has 1 nitrogen and oxygen atoms in total. The standard InChI is InChI=1S/C15H14BrF2N/c1-2-10-3-5-11(6-4-10)9-19-15-13(17)7-12(16)8-14(15)18/h3-8,19H,2,9H2,1H3. The molecule has 0 aliphatic heterocycles. The molecule has 19 heavy (non-hydrogen) atoms. The van der Waals surface area contributed by atoms with Crippen LogP contribution in [-0.4, -0.2) is 0 Å². The van der Waals surface area contributed by atoms with Crippen molar-refractivity contribution >= 4 is 21.6 Å². The molecule has 0 aliphatic carbocycles. The molecule has 0 saturated heterocycles. The van der Waals surface area contributed by atoms with E-state index >= 15 is 0 Å². The van der Waals surface area contributed by atoms with Gasteiger partial charge >= 0.3 is 0 Å². The molecule has 2 rings (SSSR count). The predicted octanol–water partition coefficient (Wildman–Crippen LogP) is 4.90. The average Bonchev–Trinajstić information content (AvgIpc) is 2.38. The molecule has 1 N–H and O–H groups in total. The number of hydrogen-bond acceptors (Lipinski definition) is 1. The molecule has 0 aliphatic rings. The number of rotatable bonds is 4. The van der Waals surface area contributed by atoms with Crippen LogP contribution < -0.4 is 5.32 Å². The quantitative estimate of drug-likeness (QED) is 0.842. The fourth-order valence-corrected chi connectivity index (χ4v) is 2.20. The molecule has 2 aromatic rings. The van der Waals surface area contributed by atoms with Crippen LogP contribution in [-0.2, 0) is 13.0 Å². The molecular formula is C15H14BrF2N. The van der Waals surface area contributed by atoms with Gasteiger partial charge in [-0.05, 0) is 29.7 Å². The van der Waals surface area contributed by atoms with E-state index < -0.39 is 11.6 Å². The SMILES string of the molecule is CCc1ccc(CNc2c(F)cc(Br)cc2F)cc1. The molecular weight excluding hydrogens is 312 g/mol. The van der Waals surface area contributed by atoms with E-state index in [0.29, 0.717) is 11.0 Å². The molecule has 0 radical (unpaired) electrons. The van der Waals surface area contributed by atoms with Crippen LogP contribution in [0, 0.1) is 11.6 Å². The Hall–Kier alpha value is -1.42. The van der Waals surface area contributed by atoms with Gasteiger partial charge < -0.3 is 5.32 Å². The second-order valence-electron chi connectivity index (χ2n) is 4.27. The van der Waals surface area contributed by atoms with Crippen LogP contribution in [0.25, 0.3) is 0 Å². The zero-order chi connectivity index (χ0) is 13.8. The summed E-state index contributed by atoms with van der Waals surface area (Å²) >= 11 is 3.05. The van der Waals surface area contributed by atoms with Crippen LogP contribution in [0.2, 0.25) is 0 Å². The normalized spacial score (nSPS) is 10.5. The number of aryl methyl sites for hydroxylation is 1. The fourth-order valence-electron chi connectivity index (χ4n) is 1.79. The van der Waals surface area contributed by atoms with Crippen molar-refractivity contribution in [3.8, 4) is 0 Å². The first-order valence-corrected chi connectivity index (χ1v) is 6.85. The maximum absolute atomic E-state index is 13.6. The summed E-state index contributed by atoms with van der Waals surface area (Å²) in [6, 6.07) is 10.4. The third-order valence-electron chi connectivity index (χ3n) is 2.91. The number of anilines is 1. The van der Waals surface area contributed by atoms with Crippen LogP contribution in [0.3, 0.4) is 0 Å². The third-order valence-corrected chi connectivity index (χ3v) is 3.37. The van der Waals surface area contributed by atoms with Gasteiger partial charge in [-0.15, -0.1) is 0 Å². The van der Waals surface area contributed by atoms with Gasteiger partial charge in [0.15, 0.2) is 0 Å². The summed E-state index contributed by atoms with van der Waals surface area (Å²) in [5, 5.41) is 2.79. The second-order valence-corrected chi connectivity index (χ2v) is 5.18. The van der Waals surface area contributed by atoms with E-state index in [-0.39, 0.29) is 5.69 Å². The van der Waals surface area contributed by atoms with Crippen molar-refractivity contribution in [1.29, 1.82) is 0 Å². The summed E-state index contributed by atoms with van der Waals surface area (Å²) in [5.41, 5.74) is 2.13. The van der Waals surface area contributed by atoms with Crippen LogP contribution in [0.5, 0.6) is 0 Å². The minimum Gasteiger partial charge on any atom is -0.376 e. The van der Waals surface area contributed by atoms with Crippen LogP contribution in [0.15, 0.2) is 40.9 Å². The molecule has 0 saturated carbocycles. The molecule has 4 heteroatoms. The van der Waals surface area contributed by atoms with Gasteiger partial charge in [0.2, 0.25) is 0 Å². The molecule has 0 fully saturated rings. The largest absolute Gasteiger partial charge is 0.376 e. The Morgan fingerprint density at radius 1 is 1.00 bits per heavy atom. The van der Waals surface area contributed by atoms with Crippen molar-refractivity contribution in [1.82, 2.24) is 0 Å². The second kappa shape index (κ2) is 6.15. The number of benzene rings is 2. The first kappa shape index (κ1) is 14.0. The van der Waals surface area contributed by atoms with Crippen molar-refractivity contribution in [2.45, 2.75) is 19.9 Å². The Kier molecular flexibility index (Phi) is 4.53. The Labute approximate surface area is 119 Å². The third kappa shape index (κ3) is 3.53. The van der Waals surface area contributed by atoms with Crippen LogP contribution >= 0.6 is 15.9 Å². The zero-order valence-corrected chi connectivity index (χ0v) is 12.1. The molecule has 0 amide bonds. The highest BCUT2D eigenvalue weighted by Gasteiger charge is 2.09. The summed E-state index contributed by atoms with van der Waals surface area (Å²) in [6.07, 6.45) is 0.976. The van der Waals surface area contributed by atoms with Crippen molar-refractivity contribution in [3.63, 3.8) is 0 Å². The monoisotopic (exact) mass is 325 g/mol. The van der Waals surface area contributed by atoms with E-state index in [9.17, 15) is 8.78 Å². The van der Waals surface area contributed by atoms with Crippen molar-refractivity contribution in [2.24, 2.45) is 0 Å². The number of nitrogens with one attached hydrogen (secondary N) is 1. The van der Waals surface area contributed by atoms with Gasteiger partial charge in [-0.3, -0.25) is 0 Å². The van der Waals surface area contributed by atoms with Crippen LogP contribution in [0.4, 0.5) is 14.5 Å². The lowest BCUT2D eigenvalue weighted by molar-refractivity contribution is 0.586.